The molecule has 2 heteroatoms. The molecule has 26 heavy (non-hydrogen) atoms. The van der Waals surface area contributed by atoms with Gasteiger partial charge in [0.25, 0.3) is 0 Å². The summed E-state index contributed by atoms with van der Waals surface area (Å²) in [6.45, 7) is 14.1. The zero-order valence-electron chi connectivity index (χ0n) is 17.2. The average Bonchev–Trinajstić information content (AvgIpc) is 2.58. The SMILES string of the molecule is CCC(CC)(c1ccc(O)cc1)c1ccc(OCCC(C)(C)C)c(C)c1. The third kappa shape index (κ3) is 4.60. The third-order valence-electron chi connectivity index (χ3n) is 5.46. The standard InChI is InChI=1S/C24H34O2/c1-7-24(8-2,19-9-12-21(25)13-10-19)20-11-14-22(18(3)17-20)26-16-15-23(4,5)6/h9-14,17,25H,7-8,15-16H2,1-6H3. The molecule has 2 aromatic rings. The molecule has 0 atom stereocenters. The summed E-state index contributed by atoms with van der Waals surface area (Å²) >= 11 is 0. The predicted molar refractivity (Wildman–Crippen MR) is 110 cm³/mol. The van der Waals surface area contributed by atoms with Gasteiger partial charge in [0.05, 0.1) is 6.61 Å². The molecular weight excluding hydrogens is 320 g/mol. The van der Waals surface area contributed by atoms with Crippen LogP contribution in [0.1, 0.15) is 70.6 Å². The minimum Gasteiger partial charge on any atom is -0.508 e. The van der Waals surface area contributed by atoms with Crippen LogP contribution in [0.3, 0.4) is 0 Å². The van der Waals surface area contributed by atoms with Gasteiger partial charge in [0.15, 0.2) is 0 Å². The fourth-order valence-electron chi connectivity index (χ4n) is 3.59. The van der Waals surface area contributed by atoms with Crippen molar-refractivity contribution in [2.45, 2.75) is 66.2 Å². The Labute approximate surface area is 159 Å². The smallest absolute Gasteiger partial charge is 0.122 e. The predicted octanol–water partition coefficient (Wildman–Crippen LogP) is 6.62. The molecule has 0 aliphatic rings. The van der Waals surface area contributed by atoms with Gasteiger partial charge in [-0.15, -0.1) is 0 Å². The van der Waals surface area contributed by atoms with Crippen LogP contribution in [0.2, 0.25) is 0 Å². The molecule has 0 fully saturated rings. The van der Waals surface area contributed by atoms with Gasteiger partial charge in [-0.1, -0.05) is 58.9 Å². The lowest BCUT2D eigenvalue weighted by Gasteiger charge is -2.34. The Balaban J connectivity index is 2.30. The Morgan fingerprint density at radius 2 is 1.46 bits per heavy atom. The van der Waals surface area contributed by atoms with Gasteiger partial charge in [-0.05, 0) is 66.5 Å². The molecule has 2 aromatic carbocycles. The number of hydrogen-bond donors (Lipinski definition) is 1. The molecule has 2 nitrogen and oxygen atoms in total. The molecule has 2 rings (SSSR count). The molecule has 0 spiro atoms. The molecule has 0 amide bonds. The molecule has 142 valence electrons. The molecule has 0 saturated carbocycles. The average molecular weight is 355 g/mol. The van der Waals surface area contributed by atoms with Crippen molar-refractivity contribution in [2.24, 2.45) is 5.41 Å². The van der Waals surface area contributed by atoms with Crippen LogP contribution in [0.15, 0.2) is 42.5 Å². The molecule has 0 radical (unpaired) electrons. The number of aromatic hydroxyl groups is 1. The first kappa shape index (κ1) is 20.4. The second kappa shape index (κ2) is 8.16. The highest BCUT2D eigenvalue weighted by Gasteiger charge is 2.31. The minimum absolute atomic E-state index is 0.0393. The van der Waals surface area contributed by atoms with Crippen molar-refractivity contribution in [3.63, 3.8) is 0 Å². The van der Waals surface area contributed by atoms with Crippen molar-refractivity contribution >= 4 is 0 Å². The largest absolute Gasteiger partial charge is 0.508 e. The maximum absolute atomic E-state index is 9.64. The second-order valence-corrected chi connectivity index (χ2v) is 8.48. The molecule has 0 unspecified atom stereocenters. The quantitative estimate of drug-likeness (QED) is 0.605. The van der Waals surface area contributed by atoms with E-state index in [1.807, 2.05) is 12.1 Å². The summed E-state index contributed by atoms with van der Waals surface area (Å²) in [5, 5.41) is 9.64. The lowest BCUT2D eigenvalue weighted by Crippen LogP contribution is -2.26. The molecule has 0 aromatic heterocycles. The van der Waals surface area contributed by atoms with Crippen molar-refractivity contribution < 1.29 is 9.84 Å². The summed E-state index contributed by atoms with van der Waals surface area (Å²) in [6.07, 6.45) is 3.06. The Bertz CT molecular complexity index is 704. The first-order valence-corrected chi connectivity index (χ1v) is 9.75. The van der Waals surface area contributed by atoms with E-state index in [-0.39, 0.29) is 10.8 Å². The van der Waals surface area contributed by atoms with Crippen LogP contribution in [-0.4, -0.2) is 11.7 Å². The Morgan fingerprint density at radius 1 is 0.885 bits per heavy atom. The summed E-state index contributed by atoms with van der Waals surface area (Å²) in [5.74, 6) is 1.29. The van der Waals surface area contributed by atoms with Crippen molar-refractivity contribution in [3.05, 3.63) is 59.2 Å². The second-order valence-electron chi connectivity index (χ2n) is 8.48. The highest BCUT2D eigenvalue weighted by molar-refractivity contribution is 5.46. The van der Waals surface area contributed by atoms with Gasteiger partial charge in [-0.3, -0.25) is 0 Å². The van der Waals surface area contributed by atoms with E-state index >= 15 is 0 Å². The number of hydrogen-bond acceptors (Lipinski definition) is 2. The first-order valence-electron chi connectivity index (χ1n) is 9.75. The van der Waals surface area contributed by atoms with E-state index in [0.717, 1.165) is 31.6 Å². The van der Waals surface area contributed by atoms with Gasteiger partial charge in [-0.25, -0.2) is 0 Å². The zero-order chi connectivity index (χ0) is 19.4. The van der Waals surface area contributed by atoms with Gasteiger partial charge in [0.2, 0.25) is 0 Å². The normalized spacial score (nSPS) is 12.2. The van der Waals surface area contributed by atoms with E-state index in [2.05, 4.69) is 59.7 Å². The van der Waals surface area contributed by atoms with Gasteiger partial charge in [0.1, 0.15) is 11.5 Å². The zero-order valence-corrected chi connectivity index (χ0v) is 17.2. The molecule has 0 heterocycles. The van der Waals surface area contributed by atoms with Gasteiger partial charge < -0.3 is 9.84 Å². The number of rotatable bonds is 7. The topological polar surface area (TPSA) is 29.5 Å². The van der Waals surface area contributed by atoms with Crippen molar-refractivity contribution in [2.75, 3.05) is 6.61 Å². The van der Waals surface area contributed by atoms with Crippen molar-refractivity contribution in [1.82, 2.24) is 0 Å². The van der Waals surface area contributed by atoms with Crippen LogP contribution in [0.4, 0.5) is 0 Å². The molecule has 0 aliphatic heterocycles. The Morgan fingerprint density at radius 3 is 1.96 bits per heavy atom. The number of phenols is 1. The van der Waals surface area contributed by atoms with Gasteiger partial charge >= 0.3 is 0 Å². The van der Waals surface area contributed by atoms with E-state index in [1.54, 1.807) is 12.1 Å². The summed E-state index contributed by atoms with van der Waals surface area (Å²) < 4.78 is 6.04. The van der Waals surface area contributed by atoms with Crippen LogP contribution in [0.25, 0.3) is 0 Å². The summed E-state index contributed by atoms with van der Waals surface area (Å²) in [7, 11) is 0. The van der Waals surface area contributed by atoms with E-state index in [0.29, 0.717) is 5.75 Å². The van der Waals surface area contributed by atoms with E-state index in [4.69, 9.17) is 4.74 Å². The van der Waals surface area contributed by atoms with Gasteiger partial charge in [0, 0.05) is 5.41 Å². The number of aryl methyl sites for hydroxylation is 1. The molecule has 0 bridgehead atoms. The highest BCUT2D eigenvalue weighted by Crippen LogP contribution is 2.40. The van der Waals surface area contributed by atoms with Crippen molar-refractivity contribution in [1.29, 1.82) is 0 Å². The molecule has 0 aliphatic carbocycles. The number of phenolic OH excluding ortho intramolecular Hbond substituents is 1. The fourth-order valence-corrected chi connectivity index (χ4v) is 3.59. The fraction of sp³-hybridized carbons (Fsp3) is 0.500. The third-order valence-corrected chi connectivity index (χ3v) is 5.46. The van der Waals surface area contributed by atoms with E-state index in [1.165, 1.54) is 16.7 Å². The first-order chi connectivity index (χ1) is 12.2. The Kier molecular flexibility index (Phi) is 6.39. The maximum Gasteiger partial charge on any atom is 0.122 e. The van der Waals surface area contributed by atoms with Crippen LogP contribution in [-0.2, 0) is 5.41 Å². The van der Waals surface area contributed by atoms with Gasteiger partial charge in [-0.2, -0.15) is 0 Å². The monoisotopic (exact) mass is 354 g/mol. The number of ether oxygens (including phenoxy) is 1. The summed E-state index contributed by atoms with van der Waals surface area (Å²) in [6, 6.07) is 14.3. The van der Waals surface area contributed by atoms with Crippen LogP contribution >= 0.6 is 0 Å². The van der Waals surface area contributed by atoms with Crippen LogP contribution in [0, 0.1) is 12.3 Å². The maximum atomic E-state index is 9.64. The molecule has 0 saturated heterocycles. The molecule has 1 N–H and O–H groups in total. The van der Waals surface area contributed by atoms with E-state index < -0.39 is 0 Å². The Hall–Kier alpha value is -1.96. The van der Waals surface area contributed by atoms with E-state index in [9.17, 15) is 5.11 Å². The lowest BCUT2D eigenvalue weighted by atomic mass is 9.70. The lowest BCUT2D eigenvalue weighted by molar-refractivity contribution is 0.242. The van der Waals surface area contributed by atoms with Crippen LogP contribution in [0.5, 0.6) is 11.5 Å². The summed E-state index contributed by atoms with van der Waals surface area (Å²) in [5.41, 5.74) is 3.99. The highest BCUT2D eigenvalue weighted by atomic mass is 16.5. The number of benzene rings is 2. The minimum atomic E-state index is -0.0393. The van der Waals surface area contributed by atoms with Crippen molar-refractivity contribution in [3.8, 4) is 11.5 Å². The van der Waals surface area contributed by atoms with Crippen LogP contribution < -0.4 is 4.74 Å². The summed E-state index contributed by atoms with van der Waals surface area (Å²) in [4.78, 5) is 0. The molecular formula is C24H34O2.